The minimum Gasteiger partial charge on any atom is -0.507 e. The van der Waals surface area contributed by atoms with Gasteiger partial charge in [-0.2, -0.15) is 0 Å². The zero-order valence-corrected chi connectivity index (χ0v) is 21.5. The van der Waals surface area contributed by atoms with Crippen LogP contribution in [0.25, 0.3) is 17.3 Å². The van der Waals surface area contributed by atoms with Crippen molar-refractivity contribution in [3.8, 4) is 17.0 Å². The summed E-state index contributed by atoms with van der Waals surface area (Å²) in [5.41, 5.74) is 2.91. The molecule has 6 nitrogen and oxygen atoms in total. The number of amides is 1. The Bertz CT molecular complexity index is 1110. The number of carbonyl (C=O) groups is 1. The van der Waals surface area contributed by atoms with Crippen molar-refractivity contribution >= 4 is 17.8 Å². The summed E-state index contributed by atoms with van der Waals surface area (Å²) >= 11 is 0. The number of rotatable bonds is 6. The molecule has 1 aromatic carbocycles. The van der Waals surface area contributed by atoms with Gasteiger partial charge in [-0.1, -0.05) is 26.3 Å². The molecule has 0 radical (unpaired) electrons. The average Bonchev–Trinajstić information content (AvgIpc) is 3.66. The van der Waals surface area contributed by atoms with Gasteiger partial charge in [0, 0.05) is 37.8 Å². The van der Waals surface area contributed by atoms with Crippen LogP contribution >= 0.6 is 0 Å². The van der Waals surface area contributed by atoms with E-state index in [1.165, 1.54) is 38.5 Å². The van der Waals surface area contributed by atoms with Gasteiger partial charge in [0.05, 0.1) is 5.69 Å². The Kier molecular flexibility index (Phi) is 6.10. The third-order valence-corrected chi connectivity index (χ3v) is 8.59. The van der Waals surface area contributed by atoms with Crippen LogP contribution in [0, 0.1) is 10.8 Å². The Hall–Kier alpha value is -2.89. The second-order valence-electron chi connectivity index (χ2n) is 11.9. The average molecular weight is 475 g/mol. The number of aromatic nitrogens is 2. The van der Waals surface area contributed by atoms with Crippen LogP contribution in [0.15, 0.2) is 36.4 Å². The van der Waals surface area contributed by atoms with Crippen molar-refractivity contribution < 1.29 is 9.90 Å². The molecule has 186 valence electrons. The summed E-state index contributed by atoms with van der Waals surface area (Å²) in [5.74, 6) is 1.00. The molecule has 3 aliphatic carbocycles. The second-order valence-corrected chi connectivity index (χ2v) is 11.9. The number of hydrogen-bond donors (Lipinski definition) is 1. The second kappa shape index (κ2) is 8.96. The predicted molar refractivity (Wildman–Crippen MR) is 140 cm³/mol. The summed E-state index contributed by atoms with van der Waals surface area (Å²) in [6, 6.07) is 10.2. The summed E-state index contributed by atoms with van der Waals surface area (Å²) in [5, 5.41) is 19.6. The Balaban J connectivity index is 1.27. The molecule has 1 amide bonds. The first-order chi connectivity index (χ1) is 16.6. The number of phenolic OH excluding ortho intramolecular Hbond substituents is 1. The van der Waals surface area contributed by atoms with Crippen LogP contribution in [0.4, 0.5) is 5.82 Å². The van der Waals surface area contributed by atoms with Gasteiger partial charge in [0.25, 0.3) is 0 Å². The molecule has 3 atom stereocenters. The molecular weight excluding hydrogens is 436 g/mol. The third kappa shape index (κ3) is 5.07. The van der Waals surface area contributed by atoms with E-state index >= 15 is 0 Å². The van der Waals surface area contributed by atoms with Gasteiger partial charge in [0.15, 0.2) is 5.82 Å². The van der Waals surface area contributed by atoms with Crippen LogP contribution in [0.3, 0.4) is 0 Å². The molecule has 0 saturated heterocycles. The summed E-state index contributed by atoms with van der Waals surface area (Å²) in [6.45, 7) is 4.92. The van der Waals surface area contributed by atoms with E-state index in [2.05, 4.69) is 36.0 Å². The maximum absolute atomic E-state index is 12.2. The van der Waals surface area contributed by atoms with Crippen molar-refractivity contribution in [1.82, 2.24) is 15.1 Å². The maximum Gasteiger partial charge on any atom is 0.246 e. The van der Waals surface area contributed by atoms with E-state index in [1.54, 1.807) is 23.1 Å². The number of aromatic hydroxyl groups is 1. The summed E-state index contributed by atoms with van der Waals surface area (Å²) in [6.07, 6.45) is 13.2. The molecule has 6 heteroatoms. The summed E-state index contributed by atoms with van der Waals surface area (Å²) in [4.78, 5) is 16.3. The van der Waals surface area contributed by atoms with Gasteiger partial charge in [-0.3, -0.25) is 4.79 Å². The number of phenols is 1. The molecule has 35 heavy (non-hydrogen) atoms. The molecule has 1 N–H and O–H groups in total. The molecule has 5 rings (SSSR count). The SMILES string of the molecule is CN(C(=O)/C=C/c1ccc(-c2ccc(N(C)C3C[C@]4(C)CCC[C@](C)(C3)C4)nn2)c(O)c1)C1CC1. The van der Waals surface area contributed by atoms with Crippen molar-refractivity contribution in [1.29, 1.82) is 0 Å². The number of likely N-dealkylation sites (N-methyl/N-ethyl adjacent to an activating group) is 1. The summed E-state index contributed by atoms with van der Waals surface area (Å²) < 4.78 is 0. The molecule has 3 aliphatic rings. The highest BCUT2D eigenvalue weighted by atomic mass is 16.3. The third-order valence-electron chi connectivity index (χ3n) is 8.59. The fourth-order valence-electron chi connectivity index (χ4n) is 6.62. The maximum atomic E-state index is 12.2. The number of fused-ring (bicyclic) bond motifs is 2. The van der Waals surface area contributed by atoms with Gasteiger partial charge in [0.2, 0.25) is 5.91 Å². The van der Waals surface area contributed by atoms with Gasteiger partial charge < -0.3 is 14.9 Å². The Morgan fingerprint density at radius 3 is 2.34 bits per heavy atom. The van der Waals surface area contributed by atoms with Crippen LogP contribution in [0.1, 0.15) is 70.8 Å². The zero-order chi connectivity index (χ0) is 24.8. The summed E-state index contributed by atoms with van der Waals surface area (Å²) in [7, 11) is 3.98. The van der Waals surface area contributed by atoms with Crippen molar-refractivity contribution in [2.24, 2.45) is 10.8 Å². The minimum absolute atomic E-state index is 0.00813. The van der Waals surface area contributed by atoms with Crippen molar-refractivity contribution in [2.75, 3.05) is 19.0 Å². The Labute approximate surface area is 209 Å². The lowest BCUT2D eigenvalue weighted by molar-refractivity contribution is -0.125. The van der Waals surface area contributed by atoms with Gasteiger partial charge in [0.1, 0.15) is 5.75 Å². The van der Waals surface area contributed by atoms with Crippen LogP contribution in [0.2, 0.25) is 0 Å². The normalized spacial score (nSPS) is 28.2. The molecule has 2 aromatic rings. The standard InChI is InChI=1S/C29H38N4O2/c1-28-14-5-15-29(2,19-28)18-22(17-28)32(3)26-12-11-24(30-31-26)23-10-6-20(16-25(23)34)7-13-27(35)33(4)21-8-9-21/h6-7,10-13,16,21-22,34H,5,8-9,14-15,17-19H2,1-4H3/b13-7+/t22?,28-,29+. The van der Waals surface area contributed by atoms with Crippen molar-refractivity contribution in [3.63, 3.8) is 0 Å². The van der Waals surface area contributed by atoms with E-state index in [0.717, 1.165) is 24.2 Å². The van der Waals surface area contributed by atoms with Crippen LogP contribution in [-0.4, -0.2) is 52.3 Å². The van der Waals surface area contributed by atoms with Gasteiger partial charge in [-0.15, -0.1) is 10.2 Å². The van der Waals surface area contributed by atoms with E-state index in [0.29, 0.717) is 34.2 Å². The fourth-order valence-corrected chi connectivity index (χ4v) is 6.62. The van der Waals surface area contributed by atoms with E-state index in [4.69, 9.17) is 0 Å². The molecule has 1 unspecified atom stereocenters. The Morgan fingerprint density at radius 1 is 1.03 bits per heavy atom. The van der Waals surface area contributed by atoms with E-state index in [9.17, 15) is 9.90 Å². The van der Waals surface area contributed by atoms with Gasteiger partial charge in [-0.25, -0.2) is 0 Å². The van der Waals surface area contributed by atoms with Crippen molar-refractivity contribution in [3.05, 3.63) is 42.0 Å². The zero-order valence-electron chi connectivity index (χ0n) is 21.5. The first kappa shape index (κ1) is 23.8. The fraction of sp³-hybridized carbons (Fsp3) is 0.552. The molecule has 1 heterocycles. The van der Waals surface area contributed by atoms with E-state index in [1.807, 2.05) is 31.3 Å². The number of anilines is 1. The number of benzene rings is 1. The number of hydrogen-bond acceptors (Lipinski definition) is 5. The van der Waals surface area contributed by atoms with Crippen molar-refractivity contribution in [2.45, 2.75) is 77.3 Å². The minimum atomic E-state index is -0.00813. The molecule has 0 aliphatic heterocycles. The first-order valence-electron chi connectivity index (χ1n) is 13.0. The highest BCUT2D eigenvalue weighted by Gasteiger charge is 2.47. The van der Waals surface area contributed by atoms with E-state index < -0.39 is 0 Å². The molecule has 3 saturated carbocycles. The predicted octanol–water partition coefficient (Wildman–Crippen LogP) is 5.67. The smallest absolute Gasteiger partial charge is 0.246 e. The molecule has 0 spiro atoms. The lowest BCUT2D eigenvalue weighted by atomic mass is 9.55. The highest BCUT2D eigenvalue weighted by Crippen LogP contribution is 2.56. The number of nitrogens with zero attached hydrogens (tertiary/aromatic N) is 4. The highest BCUT2D eigenvalue weighted by molar-refractivity contribution is 5.92. The molecule has 3 fully saturated rings. The lowest BCUT2D eigenvalue weighted by Gasteiger charge is -2.54. The van der Waals surface area contributed by atoms with Crippen LogP contribution in [-0.2, 0) is 4.79 Å². The van der Waals surface area contributed by atoms with Gasteiger partial charge >= 0.3 is 0 Å². The van der Waals surface area contributed by atoms with Gasteiger partial charge in [-0.05, 0) is 91.7 Å². The largest absolute Gasteiger partial charge is 0.507 e. The quantitative estimate of drug-likeness (QED) is 0.547. The first-order valence-corrected chi connectivity index (χ1v) is 13.0. The molecule has 2 bridgehead atoms. The topological polar surface area (TPSA) is 69.6 Å². The van der Waals surface area contributed by atoms with Crippen LogP contribution < -0.4 is 4.90 Å². The molecular formula is C29H38N4O2. The van der Waals surface area contributed by atoms with E-state index in [-0.39, 0.29) is 11.7 Å². The monoisotopic (exact) mass is 474 g/mol. The number of carbonyl (C=O) groups excluding carboxylic acids is 1. The Morgan fingerprint density at radius 2 is 1.74 bits per heavy atom. The lowest BCUT2D eigenvalue weighted by Crippen LogP contribution is -2.49. The molecule has 1 aromatic heterocycles. The van der Waals surface area contributed by atoms with Crippen LogP contribution in [0.5, 0.6) is 5.75 Å².